The Bertz CT molecular complexity index is 1660. The third kappa shape index (κ3) is 5.79. The van der Waals surface area contributed by atoms with Crippen LogP contribution in [0.15, 0.2) is 54.6 Å². The van der Waals surface area contributed by atoms with Crippen LogP contribution >= 0.6 is 11.3 Å². The van der Waals surface area contributed by atoms with Crippen molar-refractivity contribution in [3.63, 3.8) is 0 Å². The SMILES string of the molecule is C=CCOC(=O)c1sc(N2C(=O)C(=O)C(=C(O)c3ccc4c(c3)C[C@@H](C)O4)[C@H]2c2ccc(OCCC)c(OCC)c2)nc1C. The molecule has 1 aromatic heterocycles. The summed E-state index contributed by atoms with van der Waals surface area (Å²) in [6, 6.07) is 9.23. The number of aryl methyl sites for hydroxylation is 1. The molecule has 2 atom stereocenters. The average Bonchev–Trinajstić information content (AvgIpc) is 3.66. The van der Waals surface area contributed by atoms with Crippen molar-refractivity contribution in [2.45, 2.75) is 52.7 Å². The third-order valence-corrected chi connectivity index (χ3v) is 8.30. The number of Topliss-reactive ketones (excluding diaryl/α,β-unsaturated/α-hetero) is 1. The quantitative estimate of drug-likeness (QED) is 0.0915. The second kappa shape index (κ2) is 12.9. The van der Waals surface area contributed by atoms with Crippen molar-refractivity contribution in [2.75, 3.05) is 24.7 Å². The van der Waals surface area contributed by atoms with Gasteiger partial charge in [0.05, 0.1) is 30.5 Å². The van der Waals surface area contributed by atoms with Crippen molar-refractivity contribution in [2.24, 2.45) is 0 Å². The van der Waals surface area contributed by atoms with Gasteiger partial charge in [0.2, 0.25) is 0 Å². The summed E-state index contributed by atoms with van der Waals surface area (Å²) in [5, 5.41) is 11.8. The highest BCUT2D eigenvalue weighted by Gasteiger charge is 2.49. The van der Waals surface area contributed by atoms with E-state index in [9.17, 15) is 19.5 Å². The molecule has 3 aromatic rings. The molecule has 2 aromatic carbocycles. The zero-order chi connectivity index (χ0) is 31.5. The number of carbonyl (C=O) groups excluding carboxylic acids is 3. The predicted molar refractivity (Wildman–Crippen MR) is 166 cm³/mol. The second-order valence-electron chi connectivity index (χ2n) is 10.4. The molecule has 0 aliphatic carbocycles. The standard InChI is InChI=1S/C33H34N2O8S/c1-6-13-41-24-12-9-20(17-25(24)40-8-3)27-26(28(36)21-10-11-23-22(16-21)15-18(4)43-23)29(37)31(38)35(27)33-34-19(5)30(44-33)32(39)42-14-7-2/h7,9-12,16-18,27,36H,2,6,8,13-15H2,1,3-5H3/t18-,27-/m1/s1. The Kier molecular flexibility index (Phi) is 9.05. The number of benzene rings is 2. The van der Waals surface area contributed by atoms with Crippen molar-refractivity contribution in [1.82, 2.24) is 4.98 Å². The van der Waals surface area contributed by atoms with E-state index >= 15 is 0 Å². The highest BCUT2D eigenvalue weighted by molar-refractivity contribution is 7.17. The van der Waals surface area contributed by atoms with Gasteiger partial charge in [0.15, 0.2) is 16.6 Å². The van der Waals surface area contributed by atoms with Crippen LogP contribution in [-0.4, -0.2) is 53.7 Å². The van der Waals surface area contributed by atoms with E-state index in [-0.39, 0.29) is 34.1 Å². The lowest BCUT2D eigenvalue weighted by atomic mass is 9.94. The van der Waals surface area contributed by atoms with Gasteiger partial charge >= 0.3 is 11.9 Å². The van der Waals surface area contributed by atoms with E-state index in [1.54, 1.807) is 43.3 Å². The number of nitrogens with zero attached hydrogens (tertiary/aromatic N) is 2. The van der Waals surface area contributed by atoms with Crippen LogP contribution in [-0.2, 0) is 20.7 Å². The fourth-order valence-corrected chi connectivity index (χ4v) is 6.23. The Morgan fingerprint density at radius 3 is 2.70 bits per heavy atom. The number of fused-ring (bicyclic) bond motifs is 1. The van der Waals surface area contributed by atoms with Crippen LogP contribution in [0.1, 0.15) is 65.3 Å². The molecule has 44 heavy (non-hydrogen) atoms. The molecule has 3 heterocycles. The van der Waals surface area contributed by atoms with Crippen molar-refractivity contribution in [3.8, 4) is 17.2 Å². The smallest absolute Gasteiger partial charge is 0.350 e. The molecule has 5 rings (SSSR count). The lowest BCUT2D eigenvalue weighted by Gasteiger charge is -2.24. The maximum Gasteiger partial charge on any atom is 0.350 e. The first-order valence-electron chi connectivity index (χ1n) is 14.4. The van der Waals surface area contributed by atoms with Gasteiger partial charge in [-0.15, -0.1) is 0 Å². The summed E-state index contributed by atoms with van der Waals surface area (Å²) in [6.07, 6.45) is 2.87. The van der Waals surface area contributed by atoms with Crippen LogP contribution in [0.2, 0.25) is 0 Å². The Hall–Kier alpha value is -4.64. The summed E-state index contributed by atoms with van der Waals surface area (Å²) in [5.41, 5.74) is 1.98. The zero-order valence-corrected chi connectivity index (χ0v) is 25.9. The fraction of sp³-hybridized carbons (Fsp3) is 0.333. The molecule has 0 saturated carbocycles. The summed E-state index contributed by atoms with van der Waals surface area (Å²) < 4.78 is 22.7. The lowest BCUT2D eigenvalue weighted by Crippen LogP contribution is -2.29. The molecule has 1 saturated heterocycles. The molecule has 0 bridgehead atoms. The van der Waals surface area contributed by atoms with Crippen molar-refractivity contribution < 1.29 is 38.4 Å². The largest absolute Gasteiger partial charge is 0.507 e. The number of carbonyl (C=O) groups is 3. The van der Waals surface area contributed by atoms with E-state index in [0.717, 1.165) is 23.3 Å². The van der Waals surface area contributed by atoms with Gasteiger partial charge in [-0.3, -0.25) is 14.5 Å². The second-order valence-corrected chi connectivity index (χ2v) is 11.4. The monoisotopic (exact) mass is 618 g/mol. The van der Waals surface area contributed by atoms with Crippen LogP contribution < -0.4 is 19.1 Å². The van der Waals surface area contributed by atoms with Gasteiger partial charge in [-0.2, -0.15) is 0 Å². The van der Waals surface area contributed by atoms with Crippen molar-refractivity contribution >= 4 is 39.9 Å². The van der Waals surface area contributed by atoms with E-state index in [2.05, 4.69) is 11.6 Å². The lowest BCUT2D eigenvalue weighted by molar-refractivity contribution is -0.132. The topological polar surface area (TPSA) is 124 Å². The molecule has 2 aliphatic heterocycles. The molecule has 0 unspecified atom stereocenters. The van der Waals surface area contributed by atoms with E-state index in [1.165, 1.54) is 11.0 Å². The van der Waals surface area contributed by atoms with Crippen LogP contribution in [0, 0.1) is 6.92 Å². The van der Waals surface area contributed by atoms with E-state index < -0.39 is 23.7 Å². The molecule has 1 N–H and O–H groups in total. The number of esters is 1. The van der Waals surface area contributed by atoms with E-state index in [4.69, 9.17) is 18.9 Å². The Balaban J connectivity index is 1.67. The summed E-state index contributed by atoms with van der Waals surface area (Å²) >= 11 is 0.931. The molecule has 230 valence electrons. The van der Waals surface area contributed by atoms with Gasteiger partial charge < -0.3 is 24.1 Å². The first kappa shape index (κ1) is 30.8. The number of aliphatic hydroxyl groups is 1. The number of ketones is 1. The number of ether oxygens (including phenoxy) is 4. The summed E-state index contributed by atoms with van der Waals surface area (Å²) in [4.78, 5) is 46.1. The molecule has 1 fully saturated rings. The highest BCUT2D eigenvalue weighted by Crippen LogP contribution is 2.46. The highest BCUT2D eigenvalue weighted by atomic mass is 32.1. The minimum absolute atomic E-state index is 0.00722. The minimum Gasteiger partial charge on any atom is -0.507 e. The molecule has 1 amide bonds. The van der Waals surface area contributed by atoms with Gasteiger partial charge in [-0.05, 0) is 68.7 Å². The Labute approximate surface area is 259 Å². The molecular weight excluding hydrogens is 584 g/mol. The van der Waals surface area contributed by atoms with E-state index in [1.807, 2.05) is 20.8 Å². The third-order valence-electron chi connectivity index (χ3n) is 7.17. The molecule has 0 spiro atoms. The van der Waals surface area contributed by atoms with Crippen LogP contribution in [0.25, 0.3) is 5.76 Å². The molecule has 2 aliphatic rings. The van der Waals surface area contributed by atoms with Crippen molar-refractivity contribution in [3.05, 3.63) is 81.9 Å². The first-order valence-corrected chi connectivity index (χ1v) is 15.3. The van der Waals surface area contributed by atoms with Gasteiger partial charge in [-0.1, -0.05) is 37.0 Å². The van der Waals surface area contributed by atoms with Gasteiger partial charge in [0.25, 0.3) is 5.78 Å². The maximum atomic E-state index is 13.7. The van der Waals surface area contributed by atoms with Crippen LogP contribution in [0.3, 0.4) is 0 Å². The first-order chi connectivity index (χ1) is 21.2. The number of aliphatic hydroxyl groups excluding tert-OH is 1. The Morgan fingerprint density at radius 2 is 1.98 bits per heavy atom. The number of thiazole rings is 1. The van der Waals surface area contributed by atoms with Gasteiger partial charge in [0, 0.05) is 12.0 Å². The number of rotatable bonds is 11. The van der Waals surface area contributed by atoms with Gasteiger partial charge in [-0.25, -0.2) is 9.78 Å². The molecular formula is C33H34N2O8S. The number of aromatic nitrogens is 1. The summed E-state index contributed by atoms with van der Waals surface area (Å²) in [5.74, 6) is -1.07. The fourth-order valence-electron chi connectivity index (χ4n) is 5.24. The summed E-state index contributed by atoms with van der Waals surface area (Å²) in [6.45, 7) is 11.8. The normalized spacial score (nSPS) is 18.6. The number of anilines is 1. The predicted octanol–water partition coefficient (Wildman–Crippen LogP) is 5.93. The van der Waals surface area contributed by atoms with Crippen molar-refractivity contribution in [1.29, 1.82) is 0 Å². The van der Waals surface area contributed by atoms with Crippen LogP contribution in [0.5, 0.6) is 17.2 Å². The van der Waals surface area contributed by atoms with Crippen LogP contribution in [0.4, 0.5) is 5.13 Å². The van der Waals surface area contributed by atoms with E-state index in [0.29, 0.717) is 53.7 Å². The minimum atomic E-state index is -1.08. The maximum absolute atomic E-state index is 13.7. The van der Waals surface area contributed by atoms with Gasteiger partial charge in [0.1, 0.15) is 29.1 Å². The Morgan fingerprint density at radius 1 is 1.18 bits per heavy atom. The number of hydrogen-bond acceptors (Lipinski definition) is 10. The number of hydrogen-bond donors (Lipinski definition) is 1. The summed E-state index contributed by atoms with van der Waals surface area (Å²) in [7, 11) is 0. The molecule has 10 nitrogen and oxygen atoms in total. The molecule has 11 heteroatoms. The molecule has 0 radical (unpaired) electrons. The zero-order valence-electron chi connectivity index (χ0n) is 25.0. The average molecular weight is 619 g/mol. The number of amides is 1.